The summed E-state index contributed by atoms with van der Waals surface area (Å²) in [5.41, 5.74) is 12.3. The van der Waals surface area contributed by atoms with Crippen molar-refractivity contribution in [1.82, 2.24) is 5.32 Å². The molecule has 0 aromatic heterocycles. The zero-order valence-corrected chi connectivity index (χ0v) is 20.9. The van der Waals surface area contributed by atoms with Gasteiger partial charge >= 0.3 is 0 Å². The third-order valence-corrected chi connectivity index (χ3v) is 6.17. The van der Waals surface area contributed by atoms with Gasteiger partial charge in [-0.2, -0.15) is 4.58 Å². The highest BCUT2D eigenvalue weighted by Gasteiger charge is 2.42. The predicted molar refractivity (Wildman–Crippen MR) is 133 cm³/mol. The average molecular weight is 475 g/mol. The highest BCUT2D eigenvalue weighted by atomic mass is 16.5. The molecule has 9 heteroatoms. The van der Waals surface area contributed by atoms with Gasteiger partial charge in [-0.3, -0.25) is 4.79 Å². The number of azide groups is 1. The molecule has 0 saturated carbocycles. The Bertz CT molecular complexity index is 849. The molecule has 1 aromatic rings. The number of para-hydroxylation sites is 1. The van der Waals surface area contributed by atoms with E-state index in [1.54, 1.807) is 0 Å². The van der Waals surface area contributed by atoms with E-state index in [-0.39, 0.29) is 11.3 Å². The molecule has 0 saturated heterocycles. The standard InChI is InChI=1S/C25H39N5O4/c1-21-25(2,3)22-9-6-7-10-23(22)30(21)14-8-4-5-11-24(31)27-12-15-32-17-19-34-20-18-33-16-13-28-29-26/h6-7,9-10H,4-5,8,11-20H2,1-3H3/p+1. The molecule has 0 aliphatic carbocycles. The number of unbranched alkanes of at least 4 members (excludes halogenated alkanes) is 2. The van der Waals surface area contributed by atoms with E-state index < -0.39 is 0 Å². The topological polar surface area (TPSA) is 109 Å². The van der Waals surface area contributed by atoms with Gasteiger partial charge in [-0.1, -0.05) is 23.3 Å². The molecule has 0 atom stereocenters. The van der Waals surface area contributed by atoms with Crippen LogP contribution in [0, 0.1) is 0 Å². The second kappa shape index (κ2) is 15.5. The van der Waals surface area contributed by atoms with Crippen LogP contribution >= 0.6 is 0 Å². The number of nitrogens with one attached hydrogen (secondary N) is 1. The third-order valence-electron chi connectivity index (χ3n) is 6.17. The van der Waals surface area contributed by atoms with E-state index in [9.17, 15) is 4.79 Å². The van der Waals surface area contributed by atoms with Crippen molar-refractivity contribution in [3.63, 3.8) is 0 Å². The minimum atomic E-state index is 0.0770. The van der Waals surface area contributed by atoms with Gasteiger partial charge in [-0.15, -0.1) is 0 Å². The van der Waals surface area contributed by atoms with Crippen molar-refractivity contribution in [3.8, 4) is 0 Å². The number of benzene rings is 1. The molecule has 188 valence electrons. The lowest BCUT2D eigenvalue weighted by molar-refractivity contribution is -0.439. The van der Waals surface area contributed by atoms with Crippen molar-refractivity contribution in [2.45, 2.75) is 51.9 Å². The third kappa shape index (κ3) is 9.06. The Labute approximate surface area is 203 Å². The summed E-state index contributed by atoms with van der Waals surface area (Å²) in [6.07, 6.45) is 3.54. The molecule has 34 heavy (non-hydrogen) atoms. The van der Waals surface area contributed by atoms with E-state index >= 15 is 0 Å². The summed E-state index contributed by atoms with van der Waals surface area (Å²) < 4.78 is 18.5. The van der Waals surface area contributed by atoms with E-state index in [0.717, 1.165) is 25.8 Å². The second-order valence-corrected chi connectivity index (χ2v) is 8.83. The van der Waals surface area contributed by atoms with E-state index in [2.05, 4.69) is 65.0 Å². The first-order valence-electron chi connectivity index (χ1n) is 12.2. The number of carbonyl (C=O) groups is 1. The molecule has 1 aliphatic rings. The number of amides is 1. The minimum absolute atomic E-state index is 0.0770. The van der Waals surface area contributed by atoms with E-state index in [0.29, 0.717) is 59.2 Å². The highest BCUT2D eigenvalue weighted by Crippen LogP contribution is 2.39. The summed E-state index contributed by atoms with van der Waals surface area (Å²) in [5.74, 6) is 0.0770. The van der Waals surface area contributed by atoms with E-state index in [4.69, 9.17) is 19.7 Å². The molecule has 0 fully saturated rings. The monoisotopic (exact) mass is 474 g/mol. The molecule has 0 radical (unpaired) electrons. The van der Waals surface area contributed by atoms with Crippen molar-refractivity contribution in [1.29, 1.82) is 0 Å². The Morgan fingerprint density at radius 2 is 1.71 bits per heavy atom. The number of ether oxygens (including phenoxy) is 3. The van der Waals surface area contributed by atoms with Gasteiger partial charge in [0.05, 0.1) is 45.1 Å². The van der Waals surface area contributed by atoms with Crippen LogP contribution in [0.3, 0.4) is 0 Å². The number of hydrogen-bond donors (Lipinski definition) is 1. The van der Waals surface area contributed by atoms with Gasteiger partial charge in [0.1, 0.15) is 6.54 Å². The molecule has 1 aromatic carbocycles. The first-order valence-corrected chi connectivity index (χ1v) is 12.2. The first-order chi connectivity index (χ1) is 16.5. The maximum absolute atomic E-state index is 12.0. The largest absolute Gasteiger partial charge is 0.379 e. The van der Waals surface area contributed by atoms with E-state index in [1.165, 1.54) is 17.0 Å². The lowest BCUT2D eigenvalue weighted by Crippen LogP contribution is -2.27. The second-order valence-electron chi connectivity index (χ2n) is 8.83. The number of nitrogens with zero attached hydrogens (tertiary/aromatic N) is 4. The number of fused-ring (bicyclic) bond motifs is 1. The summed E-state index contributed by atoms with van der Waals surface area (Å²) in [6.45, 7) is 11.4. The van der Waals surface area contributed by atoms with Crippen LogP contribution in [0.2, 0.25) is 0 Å². The van der Waals surface area contributed by atoms with Crippen molar-refractivity contribution < 1.29 is 23.6 Å². The molecule has 0 bridgehead atoms. The zero-order chi connectivity index (χ0) is 24.7. The molecular weight excluding hydrogens is 434 g/mol. The molecule has 9 nitrogen and oxygen atoms in total. The molecule has 0 spiro atoms. The Morgan fingerprint density at radius 3 is 2.44 bits per heavy atom. The van der Waals surface area contributed by atoms with E-state index in [1.807, 2.05) is 0 Å². The van der Waals surface area contributed by atoms with Crippen LogP contribution in [0.4, 0.5) is 5.69 Å². The van der Waals surface area contributed by atoms with Crippen molar-refractivity contribution in [2.75, 3.05) is 59.3 Å². The van der Waals surface area contributed by atoms with Crippen LogP contribution in [0.5, 0.6) is 0 Å². The van der Waals surface area contributed by atoms with Crippen LogP contribution in [-0.4, -0.2) is 75.5 Å². The zero-order valence-electron chi connectivity index (χ0n) is 20.9. The van der Waals surface area contributed by atoms with Gasteiger partial charge in [0.25, 0.3) is 0 Å². The number of rotatable bonds is 18. The van der Waals surface area contributed by atoms with Gasteiger partial charge < -0.3 is 19.5 Å². The van der Waals surface area contributed by atoms with Crippen LogP contribution < -0.4 is 5.32 Å². The molecule has 1 aliphatic heterocycles. The summed E-state index contributed by atoms with van der Waals surface area (Å²) in [7, 11) is 0. The fourth-order valence-corrected chi connectivity index (χ4v) is 4.01. The molecule has 1 N–H and O–H groups in total. The summed E-state index contributed by atoms with van der Waals surface area (Å²) in [4.78, 5) is 14.7. The number of hydrogen-bond acceptors (Lipinski definition) is 5. The average Bonchev–Trinajstić information content (AvgIpc) is 3.02. The van der Waals surface area contributed by atoms with Crippen molar-refractivity contribution >= 4 is 17.3 Å². The summed E-state index contributed by atoms with van der Waals surface area (Å²) in [6, 6.07) is 8.66. The van der Waals surface area contributed by atoms with Gasteiger partial charge in [0.15, 0.2) is 5.71 Å². The Balaban J connectivity index is 1.44. The molecule has 1 heterocycles. The summed E-state index contributed by atoms with van der Waals surface area (Å²) in [5, 5.41) is 6.28. The molecule has 1 amide bonds. The maximum Gasteiger partial charge on any atom is 0.220 e. The van der Waals surface area contributed by atoms with Gasteiger partial charge in [0, 0.05) is 49.4 Å². The normalized spacial score (nSPS) is 14.1. The van der Waals surface area contributed by atoms with Gasteiger partial charge in [-0.05, 0) is 32.2 Å². The Hall–Kier alpha value is -2.45. The summed E-state index contributed by atoms with van der Waals surface area (Å²) >= 11 is 0. The lowest BCUT2D eigenvalue weighted by atomic mass is 9.82. The molecule has 2 rings (SSSR count). The maximum atomic E-state index is 12.0. The van der Waals surface area contributed by atoms with Crippen LogP contribution in [0.15, 0.2) is 29.4 Å². The fourth-order valence-electron chi connectivity index (χ4n) is 4.01. The Morgan fingerprint density at radius 1 is 1.03 bits per heavy atom. The smallest absolute Gasteiger partial charge is 0.220 e. The van der Waals surface area contributed by atoms with Crippen molar-refractivity contribution in [2.24, 2.45) is 5.11 Å². The first kappa shape index (κ1) is 27.8. The van der Waals surface area contributed by atoms with Crippen LogP contribution in [-0.2, 0) is 24.4 Å². The van der Waals surface area contributed by atoms with Crippen LogP contribution in [0.1, 0.15) is 52.0 Å². The number of carbonyl (C=O) groups excluding carboxylic acids is 1. The molecular formula is C25H40N5O4+. The predicted octanol–water partition coefficient (Wildman–Crippen LogP) is 4.12. The fraction of sp³-hybridized carbons (Fsp3) is 0.680. The highest BCUT2D eigenvalue weighted by molar-refractivity contribution is 5.93. The van der Waals surface area contributed by atoms with Gasteiger partial charge in [-0.25, -0.2) is 0 Å². The minimum Gasteiger partial charge on any atom is -0.379 e. The Kier molecular flexibility index (Phi) is 12.6. The molecule has 0 unspecified atom stereocenters. The quantitative estimate of drug-likeness (QED) is 0.113. The lowest BCUT2D eigenvalue weighted by Gasteiger charge is -2.14. The van der Waals surface area contributed by atoms with Crippen LogP contribution in [0.25, 0.3) is 10.4 Å². The SMILES string of the molecule is CC1=[N+](CCCCCC(=O)NCCOCCOCCOCCN=[N+]=[N-])c2ccccc2C1(C)C. The van der Waals surface area contributed by atoms with Crippen molar-refractivity contribution in [3.05, 3.63) is 40.3 Å². The van der Waals surface area contributed by atoms with Gasteiger partial charge in [0.2, 0.25) is 11.6 Å².